The Kier molecular flexibility index (Phi) is 5.09. The van der Waals surface area contributed by atoms with Crippen molar-refractivity contribution in [1.82, 2.24) is 0 Å². The molecule has 0 aliphatic rings. The Balaban J connectivity index is 3.13. The van der Waals surface area contributed by atoms with E-state index in [4.69, 9.17) is 20.9 Å². The molecule has 0 aliphatic heterocycles. The molecule has 0 radical (unpaired) electrons. The average molecular weight is 294 g/mol. The predicted octanol–water partition coefficient (Wildman–Crippen LogP) is 1.03. The molecule has 1 aromatic rings. The smallest absolute Gasteiger partial charge is 0.329 e. The Morgan fingerprint density at radius 2 is 1.62 bits per heavy atom. The molecule has 2 atom stereocenters. The van der Waals surface area contributed by atoms with Crippen LogP contribution < -0.4 is 11.5 Å². The number of nitrogens with two attached hydrogens (primary N) is 2. The van der Waals surface area contributed by atoms with E-state index in [-0.39, 0.29) is 0 Å². The van der Waals surface area contributed by atoms with Crippen molar-refractivity contribution in [3.8, 4) is 0 Å². The lowest BCUT2D eigenvalue weighted by molar-refractivity contribution is -0.174. The van der Waals surface area contributed by atoms with Crippen molar-refractivity contribution in [2.24, 2.45) is 11.5 Å². The third-order valence-electron chi connectivity index (χ3n) is 2.66. The number of rotatable bonds is 4. The fraction of sp³-hybridized carbons (Fsp3) is 0.467. The summed E-state index contributed by atoms with van der Waals surface area (Å²) in [6, 6.07) is 7.12. The molecule has 0 amide bonds. The molecule has 1 unspecified atom stereocenters. The zero-order chi connectivity index (χ0) is 16.3. The van der Waals surface area contributed by atoms with Gasteiger partial charge in [-0.25, -0.2) is 0 Å². The van der Waals surface area contributed by atoms with Crippen molar-refractivity contribution in [1.29, 1.82) is 0 Å². The maximum absolute atomic E-state index is 12.1. The summed E-state index contributed by atoms with van der Waals surface area (Å²) in [4.78, 5) is 23.5. The van der Waals surface area contributed by atoms with Crippen molar-refractivity contribution in [2.45, 2.75) is 45.1 Å². The van der Waals surface area contributed by atoms with Gasteiger partial charge in [0.1, 0.15) is 5.60 Å². The van der Waals surface area contributed by atoms with Crippen molar-refractivity contribution < 1.29 is 19.1 Å². The number of esters is 2. The monoisotopic (exact) mass is 294 g/mol. The Morgan fingerprint density at radius 3 is 2.05 bits per heavy atom. The van der Waals surface area contributed by atoms with Crippen LogP contribution >= 0.6 is 0 Å². The summed E-state index contributed by atoms with van der Waals surface area (Å²) in [5.41, 5.74) is 9.93. The Hall–Kier alpha value is -1.92. The molecule has 0 saturated heterocycles. The Morgan fingerprint density at radius 1 is 1.10 bits per heavy atom. The molecular formula is C15H22N2O4. The highest BCUT2D eigenvalue weighted by Gasteiger charge is 2.44. The summed E-state index contributed by atoms with van der Waals surface area (Å²) in [5, 5.41) is 0. The van der Waals surface area contributed by atoms with E-state index >= 15 is 0 Å². The molecule has 0 saturated carbocycles. The number of hydrogen-bond donors (Lipinski definition) is 2. The molecule has 0 spiro atoms. The second-order valence-electron chi connectivity index (χ2n) is 5.76. The van der Waals surface area contributed by atoms with Gasteiger partial charge < -0.3 is 15.2 Å². The molecule has 0 bridgehead atoms. The van der Waals surface area contributed by atoms with Gasteiger partial charge in [0.2, 0.25) is 5.72 Å². The Bertz CT molecular complexity index is 510. The summed E-state index contributed by atoms with van der Waals surface area (Å²) in [5.74, 6) is -1.38. The molecule has 0 heterocycles. The first-order valence-corrected chi connectivity index (χ1v) is 6.58. The van der Waals surface area contributed by atoms with E-state index in [0.717, 1.165) is 0 Å². The van der Waals surface area contributed by atoms with Gasteiger partial charge in [-0.3, -0.25) is 15.3 Å². The molecule has 6 heteroatoms. The predicted molar refractivity (Wildman–Crippen MR) is 77.9 cm³/mol. The molecule has 0 fully saturated rings. The lowest BCUT2D eigenvalue weighted by atomic mass is 9.95. The number of carbonyl (C=O) groups is 2. The number of hydrogen-bond acceptors (Lipinski definition) is 6. The number of carbonyl (C=O) groups excluding carboxylic acids is 2. The van der Waals surface area contributed by atoms with Crippen molar-refractivity contribution in [3.05, 3.63) is 35.9 Å². The third kappa shape index (κ3) is 4.54. The van der Waals surface area contributed by atoms with Gasteiger partial charge in [0.15, 0.2) is 6.04 Å². The van der Waals surface area contributed by atoms with Crippen molar-refractivity contribution >= 4 is 11.9 Å². The summed E-state index contributed by atoms with van der Waals surface area (Å²) in [7, 11) is 0. The highest BCUT2D eigenvalue weighted by molar-refractivity contribution is 5.79. The number of ether oxygens (including phenoxy) is 2. The minimum absolute atomic E-state index is 0.415. The van der Waals surface area contributed by atoms with E-state index in [9.17, 15) is 9.59 Å². The van der Waals surface area contributed by atoms with Crippen LogP contribution in [0.5, 0.6) is 0 Å². The normalized spacial score (nSPS) is 15.7. The van der Waals surface area contributed by atoms with Gasteiger partial charge in [0.05, 0.1) is 0 Å². The minimum atomic E-state index is -1.78. The quantitative estimate of drug-likeness (QED) is 0.635. The second-order valence-corrected chi connectivity index (χ2v) is 5.76. The Labute approximate surface area is 124 Å². The van der Waals surface area contributed by atoms with Gasteiger partial charge >= 0.3 is 11.9 Å². The first kappa shape index (κ1) is 17.1. The maximum Gasteiger partial charge on any atom is 0.329 e. The average Bonchev–Trinajstić information content (AvgIpc) is 2.36. The van der Waals surface area contributed by atoms with Gasteiger partial charge in [0, 0.05) is 12.5 Å². The highest BCUT2D eigenvalue weighted by Crippen LogP contribution is 2.25. The molecule has 1 rings (SSSR count). The first-order chi connectivity index (χ1) is 9.56. The van der Waals surface area contributed by atoms with Gasteiger partial charge in [-0.1, -0.05) is 30.3 Å². The molecule has 0 aromatic heterocycles. The van der Waals surface area contributed by atoms with E-state index in [1.165, 1.54) is 6.92 Å². The van der Waals surface area contributed by atoms with Gasteiger partial charge in [-0.05, 0) is 20.8 Å². The molecule has 0 aliphatic carbocycles. The summed E-state index contributed by atoms with van der Waals surface area (Å²) in [6.45, 7) is 6.34. The van der Waals surface area contributed by atoms with Crippen LogP contribution in [0, 0.1) is 0 Å². The lowest BCUT2D eigenvalue weighted by Gasteiger charge is -2.34. The van der Waals surface area contributed by atoms with Gasteiger partial charge in [-0.15, -0.1) is 0 Å². The van der Waals surface area contributed by atoms with Gasteiger partial charge in [0.25, 0.3) is 0 Å². The van der Waals surface area contributed by atoms with Crippen LogP contribution in [0.15, 0.2) is 30.3 Å². The summed E-state index contributed by atoms with van der Waals surface area (Å²) < 4.78 is 10.3. The van der Waals surface area contributed by atoms with Gasteiger partial charge in [-0.2, -0.15) is 0 Å². The minimum Gasteiger partial charge on any atom is -0.459 e. The topological polar surface area (TPSA) is 105 Å². The zero-order valence-electron chi connectivity index (χ0n) is 12.8. The van der Waals surface area contributed by atoms with Crippen LogP contribution in [0.2, 0.25) is 0 Å². The van der Waals surface area contributed by atoms with Crippen molar-refractivity contribution in [3.63, 3.8) is 0 Å². The standard InChI is InChI=1S/C15H22N2O4/c1-10(18)20-15(17,11-8-6-5-7-9-11)12(16)13(19)21-14(2,3)4/h5-9,12H,16-17H2,1-4H3/t12?,15-/m1/s1. The molecule has 21 heavy (non-hydrogen) atoms. The summed E-state index contributed by atoms with van der Waals surface area (Å²) in [6.07, 6.45) is 0. The number of benzene rings is 1. The van der Waals surface area contributed by atoms with E-state index in [2.05, 4.69) is 0 Å². The van der Waals surface area contributed by atoms with Crippen LogP contribution in [0.4, 0.5) is 0 Å². The molecule has 4 N–H and O–H groups in total. The fourth-order valence-electron chi connectivity index (χ4n) is 1.78. The van der Waals surface area contributed by atoms with E-state index in [0.29, 0.717) is 5.56 Å². The molecule has 116 valence electrons. The van der Waals surface area contributed by atoms with Crippen LogP contribution in [0.25, 0.3) is 0 Å². The SMILES string of the molecule is CC(=O)O[C@](N)(c1ccccc1)C(N)C(=O)OC(C)(C)C. The van der Waals surface area contributed by atoms with Crippen LogP contribution in [0.3, 0.4) is 0 Å². The lowest BCUT2D eigenvalue weighted by Crippen LogP contribution is -2.60. The third-order valence-corrected chi connectivity index (χ3v) is 2.66. The molecular weight excluding hydrogens is 272 g/mol. The zero-order valence-corrected chi connectivity index (χ0v) is 12.8. The molecule has 1 aromatic carbocycles. The molecule has 6 nitrogen and oxygen atoms in total. The summed E-state index contributed by atoms with van der Waals surface area (Å²) >= 11 is 0. The van der Waals surface area contributed by atoms with Crippen LogP contribution in [-0.4, -0.2) is 23.6 Å². The second kappa shape index (κ2) is 6.24. The van der Waals surface area contributed by atoms with Crippen LogP contribution in [0.1, 0.15) is 33.3 Å². The maximum atomic E-state index is 12.1. The van der Waals surface area contributed by atoms with E-state index in [1.807, 2.05) is 0 Å². The van der Waals surface area contributed by atoms with E-state index in [1.54, 1.807) is 51.1 Å². The largest absolute Gasteiger partial charge is 0.459 e. The fourth-order valence-corrected chi connectivity index (χ4v) is 1.78. The highest BCUT2D eigenvalue weighted by atomic mass is 16.6. The van der Waals surface area contributed by atoms with Crippen molar-refractivity contribution in [2.75, 3.05) is 0 Å². The van der Waals surface area contributed by atoms with E-state index < -0.39 is 29.3 Å². The van der Waals surface area contributed by atoms with Crippen LogP contribution in [-0.2, 0) is 24.8 Å². The first-order valence-electron chi connectivity index (χ1n) is 6.58.